The van der Waals surface area contributed by atoms with Crippen LogP contribution < -0.4 is 0 Å². The van der Waals surface area contributed by atoms with Gasteiger partial charge in [-0.25, -0.2) is 8.78 Å². The van der Waals surface area contributed by atoms with Crippen molar-refractivity contribution >= 4 is 28.3 Å². The second kappa shape index (κ2) is 7.86. The lowest BCUT2D eigenvalue weighted by Gasteiger charge is -2.09. The highest BCUT2D eigenvalue weighted by molar-refractivity contribution is 8.00. The van der Waals surface area contributed by atoms with E-state index in [1.54, 1.807) is 12.1 Å². The predicted octanol–water partition coefficient (Wildman–Crippen LogP) is 5.55. The summed E-state index contributed by atoms with van der Waals surface area (Å²) in [5, 5.41) is 11.0. The van der Waals surface area contributed by atoms with Crippen molar-refractivity contribution in [2.24, 2.45) is 0 Å². The van der Waals surface area contributed by atoms with Crippen molar-refractivity contribution in [3.63, 3.8) is 0 Å². The molecule has 0 saturated carbocycles. The molecule has 0 bridgehead atoms. The number of benzene rings is 3. The number of thioether (sulfide) groups is 1. The molecule has 0 aliphatic heterocycles. The average molecular weight is 392 g/mol. The van der Waals surface area contributed by atoms with Gasteiger partial charge in [0.15, 0.2) is 5.78 Å². The Hall–Kier alpha value is -3.12. The number of hydrogen-bond donors (Lipinski definition) is 0. The molecule has 0 amide bonds. The highest BCUT2D eigenvalue weighted by Crippen LogP contribution is 2.32. The van der Waals surface area contributed by atoms with Gasteiger partial charge < -0.3 is 0 Å². The van der Waals surface area contributed by atoms with E-state index >= 15 is 0 Å². The largest absolute Gasteiger partial charge is 0.293 e. The van der Waals surface area contributed by atoms with Crippen LogP contribution in [-0.2, 0) is 0 Å². The van der Waals surface area contributed by atoms with Gasteiger partial charge in [-0.1, -0.05) is 36.0 Å². The number of nitrogens with zero attached hydrogens (tertiary/aromatic N) is 2. The fourth-order valence-corrected chi connectivity index (χ4v) is 3.73. The number of rotatable bonds is 5. The van der Waals surface area contributed by atoms with Crippen LogP contribution in [0.3, 0.4) is 0 Å². The SMILES string of the molecule is O=C(CSc1nnc(-c2ccc(F)cc2)c2ccccc12)c1ccc(F)cc1. The number of halogens is 2. The molecule has 1 heterocycles. The number of fused-ring (bicyclic) bond motifs is 1. The van der Waals surface area contributed by atoms with Crippen LogP contribution in [0.1, 0.15) is 10.4 Å². The Morgan fingerprint density at radius 2 is 1.39 bits per heavy atom. The Balaban J connectivity index is 1.63. The fraction of sp³-hybridized carbons (Fsp3) is 0.0455. The topological polar surface area (TPSA) is 42.9 Å². The van der Waals surface area contributed by atoms with Crippen molar-refractivity contribution in [3.05, 3.63) is 90.0 Å². The van der Waals surface area contributed by atoms with Gasteiger partial charge in [0.05, 0.1) is 5.75 Å². The summed E-state index contributed by atoms with van der Waals surface area (Å²) < 4.78 is 26.2. The van der Waals surface area contributed by atoms with Gasteiger partial charge >= 0.3 is 0 Å². The van der Waals surface area contributed by atoms with Crippen molar-refractivity contribution in [1.82, 2.24) is 10.2 Å². The van der Waals surface area contributed by atoms with E-state index in [0.717, 1.165) is 16.3 Å². The predicted molar refractivity (Wildman–Crippen MR) is 106 cm³/mol. The van der Waals surface area contributed by atoms with Crippen LogP contribution in [0.15, 0.2) is 77.8 Å². The van der Waals surface area contributed by atoms with Gasteiger partial charge in [0.1, 0.15) is 22.4 Å². The summed E-state index contributed by atoms with van der Waals surface area (Å²) >= 11 is 1.29. The maximum absolute atomic E-state index is 13.2. The Morgan fingerprint density at radius 3 is 2.07 bits per heavy atom. The van der Waals surface area contributed by atoms with Crippen LogP contribution in [-0.4, -0.2) is 21.7 Å². The highest BCUT2D eigenvalue weighted by Gasteiger charge is 2.13. The third-order valence-electron chi connectivity index (χ3n) is 4.28. The number of carbonyl (C=O) groups is 1. The molecule has 0 unspecified atom stereocenters. The van der Waals surface area contributed by atoms with Crippen molar-refractivity contribution in [2.75, 3.05) is 5.75 Å². The highest BCUT2D eigenvalue weighted by atomic mass is 32.2. The molecular formula is C22H14F2N2OS. The maximum Gasteiger partial charge on any atom is 0.173 e. The molecule has 4 rings (SSSR count). The number of Topliss-reactive ketones (excluding diaryl/α,β-unsaturated/α-hetero) is 1. The van der Waals surface area contributed by atoms with Gasteiger partial charge in [-0.3, -0.25) is 4.79 Å². The summed E-state index contributed by atoms with van der Waals surface area (Å²) in [5.74, 6) is -0.636. The van der Waals surface area contributed by atoms with Crippen LogP contribution in [0.4, 0.5) is 8.78 Å². The van der Waals surface area contributed by atoms with E-state index in [2.05, 4.69) is 10.2 Å². The Labute approximate surface area is 164 Å². The fourth-order valence-electron chi connectivity index (χ4n) is 2.86. The van der Waals surface area contributed by atoms with Crippen molar-refractivity contribution in [3.8, 4) is 11.3 Å². The number of carbonyl (C=O) groups excluding carboxylic acids is 1. The number of aromatic nitrogens is 2. The van der Waals surface area contributed by atoms with Gasteiger partial charge in [0.25, 0.3) is 0 Å². The maximum atomic E-state index is 13.2. The van der Waals surface area contributed by atoms with Crippen LogP contribution in [0.2, 0.25) is 0 Å². The molecular weight excluding hydrogens is 378 g/mol. The molecule has 3 nitrogen and oxygen atoms in total. The molecule has 0 N–H and O–H groups in total. The molecule has 0 atom stereocenters. The number of hydrogen-bond acceptors (Lipinski definition) is 4. The second-order valence-electron chi connectivity index (χ2n) is 6.12. The molecule has 138 valence electrons. The Morgan fingerprint density at radius 1 is 0.786 bits per heavy atom. The Bertz CT molecular complexity index is 1150. The zero-order chi connectivity index (χ0) is 19.5. The smallest absolute Gasteiger partial charge is 0.173 e. The molecule has 3 aromatic carbocycles. The first-order valence-corrected chi connectivity index (χ1v) is 9.53. The normalized spacial score (nSPS) is 10.9. The molecule has 0 spiro atoms. The summed E-state index contributed by atoms with van der Waals surface area (Å²) in [4.78, 5) is 12.4. The van der Waals surface area contributed by atoms with Gasteiger partial charge in [-0.15, -0.1) is 10.2 Å². The summed E-state index contributed by atoms with van der Waals surface area (Å²) in [6.07, 6.45) is 0. The zero-order valence-electron chi connectivity index (χ0n) is 14.6. The van der Waals surface area contributed by atoms with Crippen LogP contribution >= 0.6 is 11.8 Å². The van der Waals surface area contributed by atoms with Gasteiger partial charge in [0.2, 0.25) is 0 Å². The first kappa shape index (κ1) is 18.3. The second-order valence-corrected chi connectivity index (χ2v) is 7.09. The molecule has 1 aromatic heterocycles. The molecule has 0 aliphatic carbocycles. The number of ketones is 1. The molecule has 0 saturated heterocycles. The van der Waals surface area contributed by atoms with Gasteiger partial charge in [-0.05, 0) is 48.5 Å². The van der Waals surface area contributed by atoms with E-state index in [1.165, 1.54) is 48.2 Å². The summed E-state index contributed by atoms with van der Waals surface area (Å²) in [6, 6.07) is 19.2. The summed E-state index contributed by atoms with van der Waals surface area (Å²) in [5.41, 5.74) is 1.88. The van der Waals surface area contributed by atoms with E-state index < -0.39 is 0 Å². The van der Waals surface area contributed by atoms with Crippen LogP contribution in [0.5, 0.6) is 0 Å². The minimum absolute atomic E-state index is 0.113. The molecule has 0 aliphatic rings. The third-order valence-corrected chi connectivity index (χ3v) is 5.26. The van der Waals surface area contributed by atoms with Crippen LogP contribution in [0, 0.1) is 11.6 Å². The first-order valence-electron chi connectivity index (χ1n) is 8.55. The molecule has 0 fully saturated rings. The zero-order valence-corrected chi connectivity index (χ0v) is 15.4. The lowest BCUT2D eigenvalue weighted by atomic mass is 10.1. The van der Waals surface area contributed by atoms with Gasteiger partial charge in [-0.2, -0.15) is 0 Å². The van der Waals surface area contributed by atoms with Crippen molar-refractivity contribution < 1.29 is 13.6 Å². The first-order chi connectivity index (χ1) is 13.6. The quantitative estimate of drug-likeness (QED) is 0.330. The average Bonchev–Trinajstić information content (AvgIpc) is 2.73. The third kappa shape index (κ3) is 3.77. The lowest BCUT2D eigenvalue weighted by molar-refractivity contribution is 0.102. The summed E-state index contributed by atoms with van der Waals surface area (Å²) in [7, 11) is 0. The van der Waals surface area contributed by atoms with E-state index in [-0.39, 0.29) is 23.2 Å². The van der Waals surface area contributed by atoms with Crippen molar-refractivity contribution in [1.29, 1.82) is 0 Å². The minimum atomic E-state index is -0.377. The Kier molecular flexibility index (Phi) is 5.12. The summed E-state index contributed by atoms with van der Waals surface area (Å²) in [6.45, 7) is 0. The van der Waals surface area contributed by atoms with E-state index in [0.29, 0.717) is 16.3 Å². The van der Waals surface area contributed by atoms with Crippen LogP contribution in [0.25, 0.3) is 22.0 Å². The standard InChI is InChI=1S/C22H14F2N2OS/c23-16-9-5-14(6-10-16)20(27)13-28-22-19-4-2-1-3-18(19)21(25-26-22)15-7-11-17(24)12-8-15/h1-12H,13H2. The monoisotopic (exact) mass is 392 g/mol. The van der Waals surface area contributed by atoms with E-state index in [4.69, 9.17) is 0 Å². The lowest BCUT2D eigenvalue weighted by Crippen LogP contribution is -2.03. The minimum Gasteiger partial charge on any atom is -0.293 e. The van der Waals surface area contributed by atoms with Crippen molar-refractivity contribution in [2.45, 2.75) is 5.03 Å². The molecule has 4 aromatic rings. The molecule has 0 radical (unpaired) electrons. The molecule has 28 heavy (non-hydrogen) atoms. The van der Waals surface area contributed by atoms with Gasteiger partial charge in [0, 0.05) is 21.9 Å². The van der Waals surface area contributed by atoms with E-state index in [9.17, 15) is 13.6 Å². The molecule has 6 heteroatoms. The van der Waals surface area contributed by atoms with E-state index in [1.807, 2.05) is 24.3 Å².